The Kier molecular flexibility index (Phi) is 3.39. The minimum Gasteiger partial charge on any atom is -0.0889 e. The van der Waals surface area contributed by atoms with Crippen LogP contribution in [0.2, 0.25) is 0 Å². The molecule has 0 heterocycles. The van der Waals surface area contributed by atoms with Gasteiger partial charge in [0.25, 0.3) is 0 Å². The largest absolute Gasteiger partial charge is 0.139 e. The van der Waals surface area contributed by atoms with Crippen LogP contribution in [-0.2, 0) is 0 Å². The van der Waals surface area contributed by atoms with Crippen LogP contribution in [0.25, 0.3) is 0 Å². The standard InChI is InChI=1S/C11H17B/c1-3-4-9(2)10-5-7-11(12)8-6-10/h5-9H,3-4,12H2,1-2H3. The molecule has 0 radical (unpaired) electrons. The molecule has 0 aliphatic carbocycles. The monoisotopic (exact) mass is 160 g/mol. The Bertz CT molecular complexity index is 225. The lowest BCUT2D eigenvalue weighted by molar-refractivity contribution is 0.665. The first kappa shape index (κ1) is 9.37. The first-order chi connectivity index (χ1) is 5.74. The average molecular weight is 160 g/mol. The van der Waals surface area contributed by atoms with Crippen molar-refractivity contribution in [2.45, 2.75) is 32.6 Å². The predicted molar refractivity (Wildman–Crippen MR) is 57.9 cm³/mol. The molecule has 1 atom stereocenters. The normalized spacial score (nSPS) is 12.8. The Labute approximate surface area is 76.4 Å². The third-order valence-corrected chi connectivity index (χ3v) is 2.37. The summed E-state index contributed by atoms with van der Waals surface area (Å²) >= 11 is 0. The highest BCUT2D eigenvalue weighted by Crippen LogP contribution is 2.18. The second-order valence-electron chi connectivity index (χ2n) is 3.60. The molecule has 0 aliphatic rings. The second-order valence-corrected chi connectivity index (χ2v) is 3.60. The van der Waals surface area contributed by atoms with Crippen molar-refractivity contribution in [3.63, 3.8) is 0 Å². The number of benzene rings is 1. The van der Waals surface area contributed by atoms with Crippen molar-refractivity contribution >= 4 is 13.3 Å². The maximum Gasteiger partial charge on any atom is 0.139 e. The molecule has 0 nitrogen and oxygen atoms in total. The van der Waals surface area contributed by atoms with Crippen molar-refractivity contribution in [3.05, 3.63) is 29.8 Å². The smallest absolute Gasteiger partial charge is 0.0889 e. The maximum atomic E-state index is 2.30. The second kappa shape index (κ2) is 4.35. The van der Waals surface area contributed by atoms with Gasteiger partial charge in [0.05, 0.1) is 0 Å². The van der Waals surface area contributed by atoms with Crippen LogP contribution in [0.5, 0.6) is 0 Å². The molecule has 0 amide bonds. The van der Waals surface area contributed by atoms with Crippen molar-refractivity contribution < 1.29 is 0 Å². The van der Waals surface area contributed by atoms with Gasteiger partial charge in [-0.15, -0.1) is 0 Å². The summed E-state index contributed by atoms with van der Waals surface area (Å²) in [6.07, 6.45) is 2.57. The van der Waals surface area contributed by atoms with Crippen molar-refractivity contribution in [2.24, 2.45) is 0 Å². The van der Waals surface area contributed by atoms with Gasteiger partial charge in [-0.2, -0.15) is 0 Å². The fourth-order valence-electron chi connectivity index (χ4n) is 1.49. The van der Waals surface area contributed by atoms with Gasteiger partial charge >= 0.3 is 0 Å². The van der Waals surface area contributed by atoms with Crippen molar-refractivity contribution in [1.82, 2.24) is 0 Å². The summed E-state index contributed by atoms with van der Waals surface area (Å²) in [5.41, 5.74) is 2.82. The predicted octanol–water partition coefficient (Wildman–Crippen LogP) is 1.85. The highest BCUT2D eigenvalue weighted by atomic mass is 14.1. The molecule has 0 fully saturated rings. The minimum atomic E-state index is 0.718. The van der Waals surface area contributed by atoms with E-state index in [0.717, 1.165) is 5.92 Å². The van der Waals surface area contributed by atoms with Gasteiger partial charge < -0.3 is 0 Å². The Balaban J connectivity index is 2.68. The zero-order chi connectivity index (χ0) is 8.97. The summed E-state index contributed by atoms with van der Waals surface area (Å²) in [6.45, 7) is 4.54. The zero-order valence-electron chi connectivity index (χ0n) is 8.30. The lowest BCUT2D eigenvalue weighted by atomic mass is 9.91. The van der Waals surface area contributed by atoms with Crippen LogP contribution in [-0.4, -0.2) is 7.85 Å². The van der Waals surface area contributed by atoms with E-state index in [0.29, 0.717) is 0 Å². The van der Waals surface area contributed by atoms with Gasteiger partial charge in [-0.1, -0.05) is 50.0 Å². The van der Waals surface area contributed by atoms with Gasteiger partial charge in [-0.25, -0.2) is 0 Å². The van der Waals surface area contributed by atoms with Crippen molar-refractivity contribution in [2.75, 3.05) is 0 Å². The summed E-state index contributed by atoms with van der Waals surface area (Å²) in [5.74, 6) is 0.718. The minimum absolute atomic E-state index is 0.718. The van der Waals surface area contributed by atoms with E-state index in [1.54, 1.807) is 0 Å². The summed E-state index contributed by atoms with van der Waals surface area (Å²) in [6, 6.07) is 8.88. The van der Waals surface area contributed by atoms with Gasteiger partial charge in [0.2, 0.25) is 0 Å². The van der Waals surface area contributed by atoms with Gasteiger partial charge in [0.1, 0.15) is 7.85 Å². The van der Waals surface area contributed by atoms with E-state index >= 15 is 0 Å². The molecule has 12 heavy (non-hydrogen) atoms. The zero-order valence-corrected chi connectivity index (χ0v) is 8.30. The molecule has 0 N–H and O–H groups in total. The third-order valence-electron chi connectivity index (χ3n) is 2.37. The first-order valence-corrected chi connectivity index (χ1v) is 4.80. The van der Waals surface area contributed by atoms with Gasteiger partial charge in [-0.3, -0.25) is 0 Å². The molecule has 0 aliphatic heterocycles. The molecule has 1 aromatic carbocycles. The maximum absolute atomic E-state index is 2.30. The van der Waals surface area contributed by atoms with Crippen LogP contribution in [0.4, 0.5) is 0 Å². The average Bonchev–Trinajstić information content (AvgIpc) is 2.06. The summed E-state index contributed by atoms with van der Waals surface area (Å²) < 4.78 is 0. The van der Waals surface area contributed by atoms with E-state index in [-0.39, 0.29) is 0 Å². The van der Waals surface area contributed by atoms with Crippen LogP contribution in [0.3, 0.4) is 0 Å². The Hall–Kier alpha value is -0.715. The van der Waals surface area contributed by atoms with Crippen LogP contribution in [0.15, 0.2) is 24.3 Å². The number of hydrogen-bond donors (Lipinski definition) is 0. The van der Waals surface area contributed by atoms with Crippen LogP contribution >= 0.6 is 0 Å². The molecule has 1 rings (SSSR count). The fourth-order valence-corrected chi connectivity index (χ4v) is 1.49. The lowest BCUT2D eigenvalue weighted by Gasteiger charge is -2.10. The van der Waals surface area contributed by atoms with Crippen molar-refractivity contribution in [1.29, 1.82) is 0 Å². The highest BCUT2D eigenvalue weighted by molar-refractivity contribution is 6.32. The lowest BCUT2D eigenvalue weighted by Crippen LogP contribution is -2.02. The van der Waals surface area contributed by atoms with E-state index in [1.165, 1.54) is 23.9 Å². The van der Waals surface area contributed by atoms with E-state index in [9.17, 15) is 0 Å². The van der Waals surface area contributed by atoms with E-state index in [4.69, 9.17) is 0 Å². The van der Waals surface area contributed by atoms with E-state index in [2.05, 4.69) is 46.0 Å². The van der Waals surface area contributed by atoms with Crippen LogP contribution < -0.4 is 5.46 Å². The molecule has 0 saturated carbocycles. The SMILES string of the molecule is Bc1ccc(C(C)CCC)cc1. The molecule has 0 saturated heterocycles. The fraction of sp³-hybridized carbons (Fsp3) is 0.455. The quantitative estimate of drug-likeness (QED) is 0.592. The van der Waals surface area contributed by atoms with E-state index < -0.39 is 0 Å². The highest BCUT2D eigenvalue weighted by Gasteiger charge is 2.02. The molecule has 1 heteroatoms. The Morgan fingerprint density at radius 1 is 1.25 bits per heavy atom. The molecule has 1 aromatic rings. The molecular weight excluding hydrogens is 143 g/mol. The van der Waals surface area contributed by atoms with Gasteiger partial charge in [0, 0.05) is 0 Å². The summed E-state index contributed by atoms with van der Waals surface area (Å²) in [7, 11) is 2.13. The molecule has 1 unspecified atom stereocenters. The van der Waals surface area contributed by atoms with E-state index in [1.807, 2.05) is 0 Å². The number of hydrogen-bond acceptors (Lipinski definition) is 0. The number of rotatable bonds is 3. The van der Waals surface area contributed by atoms with Crippen molar-refractivity contribution in [3.8, 4) is 0 Å². The first-order valence-electron chi connectivity index (χ1n) is 4.80. The van der Waals surface area contributed by atoms with Gasteiger partial charge in [-0.05, 0) is 17.9 Å². The summed E-state index contributed by atoms with van der Waals surface area (Å²) in [5, 5.41) is 0. The molecular formula is C11H17B. The molecule has 64 valence electrons. The van der Waals surface area contributed by atoms with Gasteiger partial charge in [0.15, 0.2) is 0 Å². The topological polar surface area (TPSA) is 0 Å². The third kappa shape index (κ3) is 2.40. The Morgan fingerprint density at radius 2 is 1.83 bits per heavy atom. The summed E-state index contributed by atoms with van der Waals surface area (Å²) in [4.78, 5) is 0. The molecule has 0 aromatic heterocycles. The molecule has 0 bridgehead atoms. The van der Waals surface area contributed by atoms with Crippen LogP contribution in [0, 0.1) is 0 Å². The Morgan fingerprint density at radius 3 is 2.33 bits per heavy atom. The van der Waals surface area contributed by atoms with Crippen LogP contribution in [0.1, 0.15) is 38.2 Å². The molecule has 0 spiro atoms.